The zero-order chi connectivity index (χ0) is 13.8. The van der Waals surface area contributed by atoms with Gasteiger partial charge in [-0.05, 0) is 19.5 Å². The van der Waals surface area contributed by atoms with E-state index in [-0.39, 0.29) is 11.7 Å². The summed E-state index contributed by atoms with van der Waals surface area (Å²) in [7, 11) is 3.66. The first-order valence-corrected chi connectivity index (χ1v) is 7.08. The lowest BCUT2D eigenvalue weighted by molar-refractivity contribution is 0.658. The molecule has 0 aliphatic carbocycles. The quantitative estimate of drug-likeness (QED) is 0.813. The molecular weight excluding hydrogens is 260 g/mol. The Morgan fingerprint density at radius 1 is 1.42 bits per heavy atom. The van der Waals surface area contributed by atoms with Gasteiger partial charge in [0.2, 0.25) is 0 Å². The summed E-state index contributed by atoms with van der Waals surface area (Å²) in [6, 6.07) is 8.70. The van der Waals surface area contributed by atoms with Crippen molar-refractivity contribution in [3.63, 3.8) is 0 Å². The highest BCUT2D eigenvalue weighted by Crippen LogP contribution is 2.22. The Labute approximate surface area is 116 Å². The highest BCUT2D eigenvalue weighted by Gasteiger charge is 2.12. The minimum absolute atomic E-state index is 0.182. The molecule has 0 amide bonds. The van der Waals surface area contributed by atoms with Gasteiger partial charge >= 0.3 is 5.69 Å². The van der Waals surface area contributed by atoms with E-state index in [9.17, 15) is 4.79 Å². The fourth-order valence-electron chi connectivity index (χ4n) is 1.76. The fourth-order valence-corrected chi connectivity index (χ4v) is 2.83. The molecule has 0 saturated carbocycles. The smallest absolute Gasteiger partial charge is 0.312 e. The third kappa shape index (κ3) is 3.27. The maximum atomic E-state index is 11.3. The molecule has 1 heterocycles. The number of rotatable bonds is 5. The number of benzene rings is 1. The van der Waals surface area contributed by atoms with Crippen LogP contribution >= 0.6 is 11.8 Å². The van der Waals surface area contributed by atoms with Gasteiger partial charge in [-0.1, -0.05) is 41.6 Å². The number of nitrogens with zero attached hydrogens (tertiary/aromatic N) is 2. The van der Waals surface area contributed by atoms with Crippen molar-refractivity contribution in [2.45, 2.75) is 18.1 Å². The summed E-state index contributed by atoms with van der Waals surface area (Å²) >= 11 is 1.56. The molecule has 0 bridgehead atoms. The molecule has 1 unspecified atom stereocenters. The number of hydrogen-bond acceptors (Lipinski definition) is 4. The first kappa shape index (κ1) is 13.9. The van der Waals surface area contributed by atoms with Crippen LogP contribution in [0.4, 0.5) is 0 Å². The van der Waals surface area contributed by atoms with Crippen molar-refractivity contribution in [2.24, 2.45) is 7.05 Å². The van der Waals surface area contributed by atoms with Crippen LogP contribution in [0.5, 0.6) is 0 Å². The Hall–Kier alpha value is -1.53. The molecule has 0 fully saturated rings. The van der Waals surface area contributed by atoms with Crippen LogP contribution < -0.4 is 11.0 Å². The zero-order valence-electron chi connectivity index (χ0n) is 11.3. The summed E-state index contributed by atoms with van der Waals surface area (Å²) in [5.41, 5.74) is 2.31. The molecule has 1 aromatic heterocycles. The summed E-state index contributed by atoms with van der Waals surface area (Å²) in [6.07, 6.45) is 0. The van der Waals surface area contributed by atoms with Crippen LogP contribution in [-0.2, 0) is 7.05 Å². The van der Waals surface area contributed by atoms with Gasteiger partial charge in [-0.25, -0.2) is 9.89 Å². The summed E-state index contributed by atoms with van der Waals surface area (Å²) < 4.78 is 1.52. The third-order valence-corrected chi connectivity index (χ3v) is 4.17. The second kappa shape index (κ2) is 6.08. The zero-order valence-corrected chi connectivity index (χ0v) is 12.1. The molecule has 0 spiro atoms. The maximum Gasteiger partial charge on any atom is 0.343 e. The van der Waals surface area contributed by atoms with E-state index in [4.69, 9.17) is 0 Å². The van der Waals surface area contributed by atoms with E-state index in [0.717, 1.165) is 5.75 Å². The lowest BCUT2D eigenvalue weighted by atomic mass is 10.1. The summed E-state index contributed by atoms with van der Waals surface area (Å²) in [4.78, 5) is 11.3. The van der Waals surface area contributed by atoms with E-state index in [0.29, 0.717) is 5.16 Å². The normalized spacial score (nSPS) is 12.6. The van der Waals surface area contributed by atoms with Crippen LogP contribution in [-0.4, -0.2) is 27.6 Å². The molecule has 2 rings (SSSR count). The minimum atomic E-state index is -0.182. The average Bonchev–Trinajstić information content (AvgIpc) is 2.73. The van der Waals surface area contributed by atoms with Gasteiger partial charge in [0, 0.05) is 18.8 Å². The lowest BCUT2D eigenvalue weighted by Gasteiger charge is -2.16. The molecule has 102 valence electrons. The van der Waals surface area contributed by atoms with Crippen LogP contribution in [0, 0.1) is 6.92 Å². The molecule has 0 saturated heterocycles. The van der Waals surface area contributed by atoms with Gasteiger partial charge in [0.25, 0.3) is 0 Å². The number of nitrogens with one attached hydrogen (secondary N) is 2. The molecule has 1 atom stereocenters. The minimum Gasteiger partial charge on any atom is -0.312 e. The van der Waals surface area contributed by atoms with Gasteiger partial charge in [-0.3, -0.25) is 4.57 Å². The average molecular weight is 278 g/mol. The standard InChI is InChI=1S/C13H18N4OS/c1-9-4-6-10(7-5-9)11(14-2)8-19-13-16-15-12(18)17(13)3/h4-7,11,14H,8H2,1-3H3,(H,15,18). The van der Waals surface area contributed by atoms with Crippen molar-refractivity contribution < 1.29 is 0 Å². The summed E-state index contributed by atoms with van der Waals surface area (Å²) in [5, 5.41) is 10.4. The monoisotopic (exact) mass is 278 g/mol. The van der Waals surface area contributed by atoms with E-state index in [1.165, 1.54) is 15.7 Å². The molecular formula is C13H18N4OS. The second-order valence-electron chi connectivity index (χ2n) is 4.43. The van der Waals surface area contributed by atoms with Crippen LogP contribution in [0.25, 0.3) is 0 Å². The van der Waals surface area contributed by atoms with Gasteiger partial charge in [-0.15, -0.1) is 5.10 Å². The fraction of sp³-hybridized carbons (Fsp3) is 0.385. The molecule has 2 N–H and O–H groups in total. The van der Waals surface area contributed by atoms with Crippen molar-refractivity contribution >= 4 is 11.8 Å². The first-order valence-electron chi connectivity index (χ1n) is 6.10. The van der Waals surface area contributed by atoms with E-state index in [1.807, 2.05) is 7.05 Å². The molecule has 5 nitrogen and oxygen atoms in total. The van der Waals surface area contributed by atoms with Crippen molar-refractivity contribution in [1.29, 1.82) is 0 Å². The Morgan fingerprint density at radius 3 is 2.63 bits per heavy atom. The Bertz CT molecular complexity index is 587. The highest BCUT2D eigenvalue weighted by molar-refractivity contribution is 7.99. The number of H-pyrrole nitrogens is 1. The number of aromatic amines is 1. The molecule has 0 aliphatic rings. The third-order valence-electron chi connectivity index (χ3n) is 3.05. The molecule has 0 radical (unpaired) electrons. The largest absolute Gasteiger partial charge is 0.343 e. The number of aromatic nitrogens is 3. The number of aryl methyl sites for hydroxylation is 1. The first-order chi connectivity index (χ1) is 9.11. The highest BCUT2D eigenvalue weighted by atomic mass is 32.2. The van der Waals surface area contributed by atoms with Crippen molar-refractivity contribution in [3.8, 4) is 0 Å². The van der Waals surface area contributed by atoms with Gasteiger partial charge in [0.1, 0.15) is 0 Å². The van der Waals surface area contributed by atoms with E-state index >= 15 is 0 Å². The molecule has 0 aliphatic heterocycles. The molecule has 6 heteroatoms. The Kier molecular flexibility index (Phi) is 4.44. The predicted octanol–water partition coefficient (Wildman–Crippen LogP) is 1.47. The van der Waals surface area contributed by atoms with E-state index in [1.54, 1.807) is 18.8 Å². The van der Waals surface area contributed by atoms with Gasteiger partial charge in [0.15, 0.2) is 5.16 Å². The van der Waals surface area contributed by atoms with Crippen LogP contribution in [0.1, 0.15) is 17.2 Å². The van der Waals surface area contributed by atoms with Crippen LogP contribution in [0.15, 0.2) is 34.2 Å². The Balaban J connectivity index is 2.05. The van der Waals surface area contributed by atoms with Crippen molar-refractivity contribution in [3.05, 3.63) is 45.9 Å². The number of hydrogen-bond donors (Lipinski definition) is 2. The SMILES string of the molecule is CNC(CSc1n[nH]c(=O)n1C)c1ccc(C)cc1. The van der Waals surface area contributed by atoms with E-state index < -0.39 is 0 Å². The lowest BCUT2D eigenvalue weighted by Crippen LogP contribution is -2.19. The maximum absolute atomic E-state index is 11.3. The second-order valence-corrected chi connectivity index (χ2v) is 5.42. The molecule has 19 heavy (non-hydrogen) atoms. The van der Waals surface area contributed by atoms with Gasteiger partial charge < -0.3 is 5.32 Å². The molecule has 1 aromatic carbocycles. The molecule has 2 aromatic rings. The van der Waals surface area contributed by atoms with Crippen LogP contribution in [0.3, 0.4) is 0 Å². The van der Waals surface area contributed by atoms with Gasteiger partial charge in [-0.2, -0.15) is 0 Å². The van der Waals surface area contributed by atoms with Crippen molar-refractivity contribution in [1.82, 2.24) is 20.1 Å². The summed E-state index contributed by atoms with van der Waals surface area (Å²) in [6.45, 7) is 2.08. The Morgan fingerprint density at radius 2 is 2.11 bits per heavy atom. The van der Waals surface area contributed by atoms with Crippen molar-refractivity contribution in [2.75, 3.05) is 12.8 Å². The van der Waals surface area contributed by atoms with Gasteiger partial charge in [0.05, 0.1) is 0 Å². The predicted molar refractivity (Wildman–Crippen MR) is 77.5 cm³/mol. The number of thioether (sulfide) groups is 1. The topological polar surface area (TPSA) is 62.7 Å². The van der Waals surface area contributed by atoms with Crippen LogP contribution in [0.2, 0.25) is 0 Å². The van der Waals surface area contributed by atoms with E-state index in [2.05, 4.69) is 46.7 Å². The summed E-state index contributed by atoms with van der Waals surface area (Å²) in [5.74, 6) is 0.817.